The summed E-state index contributed by atoms with van der Waals surface area (Å²) in [4.78, 5) is 47.5. The number of unbranched alkanes of at least 4 members (excludes halogenated alkanes) is 2. The number of amides is 2. The number of ether oxygens (including phenoxy) is 2. The highest BCUT2D eigenvalue weighted by molar-refractivity contribution is 5.93. The summed E-state index contributed by atoms with van der Waals surface area (Å²) < 4.78 is 10.5. The average molecular weight is 420 g/mol. The van der Waals surface area contributed by atoms with Crippen molar-refractivity contribution in [2.45, 2.75) is 51.5 Å². The molecule has 0 bridgehead atoms. The summed E-state index contributed by atoms with van der Waals surface area (Å²) in [5.74, 6) is -2.06. The number of hydrogen-bond donors (Lipinski definition) is 3. The van der Waals surface area contributed by atoms with E-state index in [1.54, 1.807) is 18.2 Å². The van der Waals surface area contributed by atoms with Gasteiger partial charge in [0.05, 0.1) is 6.42 Å². The number of carboxylic acids is 1. The summed E-state index contributed by atoms with van der Waals surface area (Å²) in [7, 11) is 0. The van der Waals surface area contributed by atoms with Crippen LogP contribution in [0, 0.1) is 0 Å². The van der Waals surface area contributed by atoms with Gasteiger partial charge in [-0.15, -0.1) is 0 Å². The molecule has 1 heterocycles. The molecule has 0 saturated heterocycles. The second-order valence-corrected chi connectivity index (χ2v) is 7.03. The molecule has 0 spiro atoms. The van der Waals surface area contributed by atoms with Gasteiger partial charge >= 0.3 is 11.9 Å². The van der Waals surface area contributed by atoms with Gasteiger partial charge in [0.2, 0.25) is 11.8 Å². The number of carboxylic acid groups (broad SMARTS) is 1. The first-order valence-corrected chi connectivity index (χ1v) is 10.1. The number of carbonyl (C=O) groups is 4. The quantitative estimate of drug-likeness (QED) is 0.365. The van der Waals surface area contributed by atoms with E-state index in [1.807, 2.05) is 0 Å². The summed E-state index contributed by atoms with van der Waals surface area (Å²) in [6.45, 7) is 2.96. The summed E-state index contributed by atoms with van der Waals surface area (Å²) >= 11 is 0. The Morgan fingerprint density at radius 3 is 2.63 bits per heavy atom. The zero-order valence-corrected chi connectivity index (χ0v) is 17.1. The van der Waals surface area contributed by atoms with Crippen LogP contribution < -0.4 is 15.4 Å². The second-order valence-electron chi connectivity index (χ2n) is 7.03. The van der Waals surface area contributed by atoms with Crippen LogP contribution in [0.2, 0.25) is 0 Å². The molecule has 1 aliphatic rings. The van der Waals surface area contributed by atoms with Crippen molar-refractivity contribution in [2.24, 2.45) is 0 Å². The van der Waals surface area contributed by atoms with Crippen molar-refractivity contribution in [3.05, 3.63) is 29.3 Å². The van der Waals surface area contributed by atoms with Crippen molar-refractivity contribution < 1.29 is 33.8 Å². The van der Waals surface area contributed by atoms with Gasteiger partial charge in [-0.25, -0.2) is 4.79 Å². The maximum absolute atomic E-state index is 12.6. The van der Waals surface area contributed by atoms with Crippen LogP contribution in [0.25, 0.3) is 0 Å². The van der Waals surface area contributed by atoms with Gasteiger partial charge in [-0.1, -0.05) is 25.8 Å². The van der Waals surface area contributed by atoms with Crippen LogP contribution in [-0.4, -0.2) is 54.7 Å². The lowest BCUT2D eigenvalue weighted by molar-refractivity contribution is -0.139. The largest absolute Gasteiger partial charge is 0.489 e. The Balaban J connectivity index is 2.11. The minimum atomic E-state index is -1.09. The van der Waals surface area contributed by atoms with E-state index in [4.69, 9.17) is 14.6 Å². The fraction of sp³-hybridized carbons (Fsp3) is 0.524. The molecule has 1 atom stereocenters. The highest BCUT2D eigenvalue weighted by Gasteiger charge is 2.24. The third-order valence-corrected chi connectivity index (χ3v) is 4.57. The predicted molar refractivity (Wildman–Crippen MR) is 107 cm³/mol. The van der Waals surface area contributed by atoms with Crippen LogP contribution in [0.1, 0.15) is 54.9 Å². The van der Waals surface area contributed by atoms with Crippen LogP contribution in [0.4, 0.5) is 0 Å². The summed E-state index contributed by atoms with van der Waals surface area (Å²) in [5.41, 5.74) is 0.910. The number of aliphatic carboxylic acids is 1. The third-order valence-electron chi connectivity index (χ3n) is 4.57. The van der Waals surface area contributed by atoms with E-state index in [1.165, 1.54) is 0 Å². The van der Waals surface area contributed by atoms with Gasteiger partial charge in [-0.3, -0.25) is 14.4 Å². The molecule has 0 aromatic heterocycles. The fourth-order valence-electron chi connectivity index (χ4n) is 2.99. The van der Waals surface area contributed by atoms with Gasteiger partial charge in [-0.05, 0) is 24.1 Å². The molecule has 2 amide bonds. The van der Waals surface area contributed by atoms with Crippen molar-refractivity contribution >= 4 is 23.8 Å². The van der Waals surface area contributed by atoms with Crippen molar-refractivity contribution in [3.8, 4) is 5.75 Å². The molecule has 0 radical (unpaired) electrons. The maximum Gasteiger partial charge on any atom is 0.342 e. The Morgan fingerprint density at radius 1 is 1.13 bits per heavy atom. The highest BCUT2D eigenvalue weighted by atomic mass is 16.6. The SMILES string of the molecule is CCCCCNC(=O)[C@H](Cc1ccc2c(c1)C(=O)OCCO2)NC(=O)CCC(=O)O. The number of fused-ring (bicyclic) bond motifs is 1. The molecule has 0 fully saturated rings. The Kier molecular flexibility index (Phi) is 9.11. The van der Waals surface area contributed by atoms with Crippen molar-refractivity contribution in [1.82, 2.24) is 10.6 Å². The number of benzene rings is 1. The molecule has 1 aromatic carbocycles. The van der Waals surface area contributed by atoms with E-state index in [2.05, 4.69) is 17.6 Å². The molecular weight excluding hydrogens is 392 g/mol. The van der Waals surface area contributed by atoms with Gasteiger partial charge < -0.3 is 25.2 Å². The first-order chi connectivity index (χ1) is 14.4. The summed E-state index contributed by atoms with van der Waals surface area (Å²) in [6.07, 6.45) is 2.41. The number of esters is 1. The van der Waals surface area contributed by atoms with Gasteiger partial charge in [0.25, 0.3) is 0 Å². The molecule has 30 heavy (non-hydrogen) atoms. The molecular formula is C21H28N2O7. The van der Waals surface area contributed by atoms with Gasteiger partial charge in [0.15, 0.2) is 0 Å². The lowest BCUT2D eigenvalue weighted by Crippen LogP contribution is -2.48. The number of hydrogen-bond acceptors (Lipinski definition) is 6. The Bertz CT molecular complexity index is 779. The van der Waals surface area contributed by atoms with Crippen molar-refractivity contribution in [1.29, 1.82) is 0 Å². The Hall–Kier alpha value is -3.10. The predicted octanol–water partition coefficient (Wildman–Crippen LogP) is 1.43. The Labute approximate surface area is 175 Å². The fourth-order valence-corrected chi connectivity index (χ4v) is 2.99. The highest BCUT2D eigenvalue weighted by Crippen LogP contribution is 2.24. The number of rotatable bonds is 11. The molecule has 2 rings (SSSR count). The first kappa shape index (κ1) is 23.2. The average Bonchev–Trinajstić information content (AvgIpc) is 2.90. The van der Waals surface area contributed by atoms with Crippen LogP contribution in [0.5, 0.6) is 5.75 Å². The third kappa shape index (κ3) is 7.38. The molecule has 0 unspecified atom stereocenters. The molecule has 9 heteroatoms. The molecule has 1 aliphatic heterocycles. The topological polar surface area (TPSA) is 131 Å². The van der Waals surface area contributed by atoms with Crippen molar-refractivity contribution in [2.75, 3.05) is 19.8 Å². The van der Waals surface area contributed by atoms with E-state index < -0.39 is 23.9 Å². The second kappa shape index (κ2) is 11.8. The zero-order chi connectivity index (χ0) is 21.9. The van der Waals surface area contributed by atoms with Crippen LogP contribution in [0.3, 0.4) is 0 Å². The van der Waals surface area contributed by atoms with Crippen molar-refractivity contribution in [3.63, 3.8) is 0 Å². The smallest absolute Gasteiger partial charge is 0.342 e. The number of nitrogens with one attached hydrogen (secondary N) is 2. The summed E-state index contributed by atoms with van der Waals surface area (Å²) in [6, 6.07) is 4.05. The van der Waals surface area contributed by atoms with Crippen LogP contribution in [-0.2, 0) is 25.5 Å². The Morgan fingerprint density at radius 2 is 1.90 bits per heavy atom. The van der Waals surface area contributed by atoms with E-state index >= 15 is 0 Å². The lowest BCUT2D eigenvalue weighted by Gasteiger charge is -2.19. The van der Waals surface area contributed by atoms with Crippen LogP contribution >= 0.6 is 0 Å². The maximum atomic E-state index is 12.6. The zero-order valence-electron chi connectivity index (χ0n) is 17.1. The first-order valence-electron chi connectivity index (χ1n) is 10.1. The van der Waals surface area contributed by atoms with E-state index in [0.717, 1.165) is 19.3 Å². The number of cyclic esters (lactones) is 1. The molecule has 9 nitrogen and oxygen atoms in total. The standard InChI is InChI=1S/C21H28N2O7/c1-2-3-4-9-22-20(27)16(23-18(24)7-8-19(25)26)13-14-5-6-17-15(12-14)21(28)30-11-10-29-17/h5-6,12,16H,2-4,7-11,13H2,1H3,(H,22,27)(H,23,24)(H,25,26)/t16-/m0/s1. The molecule has 1 aromatic rings. The van der Waals surface area contributed by atoms with E-state index in [-0.39, 0.29) is 43.9 Å². The number of carbonyl (C=O) groups excluding carboxylic acids is 3. The normalized spacial score (nSPS) is 13.8. The minimum absolute atomic E-state index is 0.138. The van der Waals surface area contributed by atoms with E-state index in [0.29, 0.717) is 17.9 Å². The monoisotopic (exact) mass is 420 g/mol. The molecule has 164 valence electrons. The van der Waals surface area contributed by atoms with Gasteiger partial charge in [0, 0.05) is 19.4 Å². The molecule has 3 N–H and O–H groups in total. The summed E-state index contributed by atoms with van der Waals surface area (Å²) in [5, 5.41) is 14.2. The van der Waals surface area contributed by atoms with Crippen LogP contribution in [0.15, 0.2) is 18.2 Å². The van der Waals surface area contributed by atoms with Gasteiger partial charge in [-0.2, -0.15) is 0 Å². The lowest BCUT2D eigenvalue weighted by atomic mass is 10.0. The minimum Gasteiger partial charge on any atom is -0.489 e. The van der Waals surface area contributed by atoms with E-state index in [9.17, 15) is 19.2 Å². The van der Waals surface area contributed by atoms with Gasteiger partial charge in [0.1, 0.15) is 30.6 Å². The molecule has 0 saturated carbocycles. The molecule has 0 aliphatic carbocycles.